The van der Waals surface area contributed by atoms with Gasteiger partial charge < -0.3 is 5.32 Å². The van der Waals surface area contributed by atoms with E-state index in [-0.39, 0.29) is 5.91 Å². The molecule has 1 aromatic carbocycles. The highest BCUT2D eigenvalue weighted by molar-refractivity contribution is 9.09. The lowest BCUT2D eigenvalue weighted by Gasteiger charge is -2.08. The fraction of sp³-hybridized carbons (Fsp3) is 0.462. The molecule has 3 heteroatoms. The van der Waals surface area contributed by atoms with Crippen LogP contribution in [0.2, 0.25) is 0 Å². The van der Waals surface area contributed by atoms with Crippen molar-refractivity contribution < 1.29 is 4.79 Å². The SMILES string of the molecule is CCC(Br)CNC(=O)Cc1ccc(C)cc1. The number of carbonyl (C=O) groups excluding carboxylic acids is 1. The fourth-order valence-electron chi connectivity index (χ4n) is 1.32. The molecule has 1 aromatic rings. The Hall–Kier alpha value is -0.830. The predicted molar refractivity (Wildman–Crippen MR) is 70.9 cm³/mol. The van der Waals surface area contributed by atoms with Gasteiger partial charge in [-0.05, 0) is 18.9 Å². The molecule has 1 atom stereocenters. The fourth-order valence-corrected chi connectivity index (χ4v) is 1.48. The summed E-state index contributed by atoms with van der Waals surface area (Å²) in [4.78, 5) is 12.0. The summed E-state index contributed by atoms with van der Waals surface area (Å²) in [6, 6.07) is 8.06. The maximum absolute atomic E-state index is 11.6. The van der Waals surface area contributed by atoms with Crippen molar-refractivity contribution in [1.82, 2.24) is 5.32 Å². The van der Waals surface area contributed by atoms with Crippen LogP contribution in [0.5, 0.6) is 0 Å². The molecule has 1 unspecified atom stereocenters. The summed E-state index contributed by atoms with van der Waals surface area (Å²) in [6.07, 6.45) is 1.48. The van der Waals surface area contributed by atoms with Crippen LogP contribution in [-0.2, 0) is 11.2 Å². The summed E-state index contributed by atoms with van der Waals surface area (Å²) in [5, 5.41) is 2.91. The van der Waals surface area contributed by atoms with E-state index in [9.17, 15) is 4.79 Å². The minimum atomic E-state index is 0.0850. The second-order valence-electron chi connectivity index (χ2n) is 3.97. The molecule has 0 aliphatic carbocycles. The van der Waals surface area contributed by atoms with Crippen molar-refractivity contribution in [3.05, 3.63) is 35.4 Å². The van der Waals surface area contributed by atoms with Crippen molar-refractivity contribution in [3.63, 3.8) is 0 Å². The molecule has 0 bridgehead atoms. The van der Waals surface area contributed by atoms with Gasteiger partial charge in [-0.15, -0.1) is 0 Å². The number of benzene rings is 1. The smallest absolute Gasteiger partial charge is 0.224 e. The van der Waals surface area contributed by atoms with Gasteiger partial charge in [0.15, 0.2) is 0 Å². The van der Waals surface area contributed by atoms with Crippen LogP contribution in [0.3, 0.4) is 0 Å². The van der Waals surface area contributed by atoms with E-state index in [0.29, 0.717) is 17.8 Å². The molecule has 1 N–H and O–H groups in total. The molecule has 1 amide bonds. The van der Waals surface area contributed by atoms with Crippen LogP contribution in [0.1, 0.15) is 24.5 Å². The number of amides is 1. The van der Waals surface area contributed by atoms with Gasteiger partial charge in [-0.3, -0.25) is 4.79 Å². The van der Waals surface area contributed by atoms with Crippen molar-refractivity contribution in [1.29, 1.82) is 0 Å². The Kier molecular flexibility index (Phi) is 5.53. The highest BCUT2D eigenvalue weighted by atomic mass is 79.9. The van der Waals surface area contributed by atoms with E-state index >= 15 is 0 Å². The van der Waals surface area contributed by atoms with Gasteiger partial charge in [0.05, 0.1) is 6.42 Å². The van der Waals surface area contributed by atoms with Gasteiger partial charge in [0.1, 0.15) is 0 Å². The molecule has 2 nitrogen and oxygen atoms in total. The number of halogens is 1. The van der Waals surface area contributed by atoms with Gasteiger partial charge >= 0.3 is 0 Å². The van der Waals surface area contributed by atoms with Crippen molar-refractivity contribution in [2.24, 2.45) is 0 Å². The zero-order valence-corrected chi connectivity index (χ0v) is 11.4. The summed E-state index contributed by atoms with van der Waals surface area (Å²) < 4.78 is 0. The van der Waals surface area contributed by atoms with Gasteiger partial charge in [-0.2, -0.15) is 0 Å². The topological polar surface area (TPSA) is 29.1 Å². The Bertz CT molecular complexity index is 334. The molecular formula is C13H18BrNO. The molecule has 0 aliphatic rings. The Morgan fingerprint density at radius 1 is 1.38 bits per heavy atom. The van der Waals surface area contributed by atoms with Crippen LogP contribution < -0.4 is 5.32 Å². The van der Waals surface area contributed by atoms with E-state index in [1.165, 1.54) is 5.56 Å². The highest BCUT2D eigenvalue weighted by Gasteiger charge is 2.05. The molecule has 1 rings (SSSR count). The van der Waals surface area contributed by atoms with Crippen LogP contribution >= 0.6 is 15.9 Å². The summed E-state index contributed by atoms with van der Waals surface area (Å²) in [7, 11) is 0. The van der Waals surface area contributed by atoms with Gasteiger partial charge in [0.25, 0.3) is 0 Å². The van der Waals surface area contributed by atoms with E-state index in [4.69, 9.17) is 0 Å². The molecule has 16 heavy (non-hydrogen) atoms. The van der Waals surface area contributed by atoms with E-state index in [1.807, 2.05) is 31.2 Å². The second-order valence-corrected chi connectivity index (χ2v) is 5.27. The first-order chi connectivity index (χ1) is 7.61. The number of carbonyl (C=O) groups is 1. The maximum atomic E-state index is 11.6. The number of alkyl halides is 1. The lowest BCUT2D eigenvalue weighted by Crippen LogP contribution is -2.30. The molecule has 0 saturated heterocycles. The largest absolute Gasteiger partial charge is 0.355 e. The minimum Gasteiger partial charge on any atom is -0.355 e. The number of aryl methyl sites for hydroxylation is 1. The third-order valence-electron chi connectivity index (χ3n) is 2.45. The van der Waals surface area contributed by atoms with Crippen LogP contribution in [0, 0.1) is 6.92 Å². The predicted octanol–water partition coefficient (Wildman–Crippen LogP) is 2.83. The number of hydrogen-bond acceptors (Lipinski definition) is 1. The monoisotopic (exact) mass is 283 g/mol. The van der Waals surface area contributed by atoms with E-state index in [1.54, 1.807) is 0 Å². The Morgan fingerprint density at radius 3 is 2.56 bits per heavy atom. The number of hydrogen-bond donors (Lipinski definition) is 1. The number of rotatable bonds is 5. The Balaban J connectivity index is 2.37. The third-order valence-corrected chi connectivity index (χ3v) is 3.42. The van der Waals surface area contributed by atoms with Crippen LogP contribution in [-0.4, -0.2) is 17.3 Å². The van der Waals surface area contributed by atoms with E-state index in [0.717, 1.165) is 12.0 Å². The average molecular weight is 284 g/mol. The van der Waals surface area contributed by atoms with Crippen molar-refractivity contribution in [2.75, 3.05) is 6.54 Å². The zero-order chi connectivity index (χ0) is 12.0. The molecule has 0 fully saturated rings. The third kappa shape index (κ3) is 4.79. The Morgan fingerprint density at radius 2 is 2.00 bits per heavy atom. The van der Waals surface area contributed by atoms with Crippen molar-refractivity contribution in [3.8, 4) is 0 Å². The highest BCUT2D eigenvalue weighted by Crippen LogP contribution is 2.05. The Labute approximate surface area is 106 Å². The summed E-state index contributed by atoms with van der Waals surface area (Å²) in [6.45, 7) is 4.83. The molecular weight excluding hydrogens is 266 g/mol. The van der Waals surface area contributed by atoms with E-state index in [2.05, 4.69) is 28.2 Å². The maximum Gasteiger partial charge on any atom is 0.224 e. The molecule has 0 aliphatic heterocycles. The minimum absolute atomic E-state index is 0.0850. The second kappa shape index (κ2) is 6.69. The van der Waals surface area contributed by atoms with Crippen molar-refractivity contribution in [2.45, 2.75) is 31.5 Å². The van der Waals surface area contributed by atoms with Crippen LogP contribution in [0.25, 0.3) is 0 Å². The summed E-state index contributed by atoms with van der Waals surface area (Å²) >= 11 is 3.49. The van der Waals surface area contributed by atoms with Gasteiger partial charge in [0.2, 0.25) is 5.91 Å². The summed E-state index contributed by atoms with van der Waals surface area (Å²) in [5.41, 5.74) is 2.28. The lowest BCUT2D eigenvalue weighted by molar-refractivity contribution is -0.120. The average Bonchev–Trinajstić information content (AvgIpc) is 2.29. The van der Waals surface area contributed by atoms with Crippen molar-refractivity contribution >= 4 is 21.8 Å². The number of nitrogens with one attached hydrogen (secondary N) is 1. The quantitative estimate of drug-likeness (QED) is 0.828. The van der Waals surface area contributed by atoms with Gasteiger partial charge in [0, 0.05) is 11.4 Å². The summed E-state index contributed by atoms with van der Waals surface area (Å²) in [5.74, 6) is 0.0850. The molecule has 88 valence electrons. The van der Waals surface area contributed by atoms with Crippen LogP contribution in [0.15, 0.2) is 24.3 Å². The van der Waals surface area contributed by atoms with Crippen LogP contribution in [0.4, 0.5) is 0 Å². The van der Waals surface area contributed by atoms with Gasteiger partial charge in [-0.25, -0.2) is 0 Å². The first-order valence-electron chi connectivity index (χ1n) is 5.58. The molecule has 0 saturated carbocycles. The lowest BCUT2D eigenvalue weighted by atomic mass is 10.1. The zero-order valence-electron chi connectivity index (χ0n) is 9.79. The normalized spacial score (nSPS) is 12.2. The standard InChI is InChI=1S/C13H18BrNO/c1-3-12(14)9-15-13(16)8-11-6-4-10(2)5-7-11/h4-7,12H,3,8-9H2,1-2H3,(H,15,16). The molecule has 0 heterocycles. The molecule has 0 radical (unpaired) electrons. The van der Waals surface area contributed by atoms with E-state index < -0.39 is 0 Å². The first-order valence-corrected chi connectivity index (χ1v) is 6.49. The molecule has 0 aromatic heterocycles. The first kappa shape index (κ1) is 13.2. The molecule has 0 spiro atoms. The van der Waals surface area contributed by atoms with Gasteiger partial charge in [-0.1, -0.05) is 52.7 Å².